The summed E-state index contributed by atoms with van der Waals surface area (Å²) in [6.07, 6.45) is 1.46. The fraction of sp³-hybridized carbons (Fsp3) is 0.154. The second-order valence-corrected chi connectivity index (χ2v) is 8.21. The minimum atomic E-state index is -1.03. The number of para-hydroxylation sites is 1. The first-order valence-corrected chi connectivity index (χ1v) is 10.6. The van der Waals surface area contributed by atoms with Crippen LogP contribution < -0.4 is 10.2 Å². The highest BCUT2D eigenvalue weighted by molar-refractivity contribution is 6.39. The maximum Gasteiger partial charge on any atom is 0.335 e. The molecule has 4 amide bonds. The summed E-state index contributed by atoms with van der Waals surface area (Å²) in [4.78, 5) is 50.8. The molecular formula is C26H23N3O5. The molecule has 0 radical (unpaired) electrons. The molecule has 3 aromatic rings. The Morgan fingerprint density at radius 3 is 2.26 bits per heavy atom. The van der Waals surface area contributed by atoms with E-state index in [1.807, 2.05) is 31.4 Å². The number of carbonyl (C=O) groups excluding carboxylic acids is 3. The average molecular weight is 457 g/mol. The largest absolute Gasteiger partial charge is 0.478 e. The smallest absolute Gasteiger partial charge is 0.335 e. The number of aromatic carboxylic acids is 1. The summed E-state index contributed by atoms with van der Waals surface area (Å²) in [7, 11) is 0. The molecule has 2 heterocycles. The summed E-state index contributed by atoms with van der Waals surface area (Å²) in [5.41, 5.74) is 4.78. The molecule has 8 nitrogen and oxygen atoms in total. The van der Waals surface area contributed by atoms with Gasteiger partial charge in [-0.05, 0) is 74.7 Å². The van der Waals surface area contributed by atoms with Crippen LogP contribution in [0, 0.1) is 27.7 Å². The number of rotatable bonds is 4. The average Bonchev–Trinajstić information content (AvgIpc) is 3.05. The van der Waals surface area contributed by atoms with Gasteiger partial charge in [-0.3, -0.25) is 14.9 Å². The van der Waals surface area contributed by atoms with Crippen molar-refractivity contribution in [2.24, 2.45) is 0 Å². The van der Waals surface area contributed by atoms with Crippen molar-refractivity contribution in [2.45, 2.75) is 27.7 Å². The van der Waals surface area contributed by atoms with Crippen LogP contribution in [0.15, 0.2) is 54.1 Å². The van der Waals surface area contributed by atoms with Gasteiger partial charge >= 0.3 is 12.0 Å². The van der Waals surface area contributed by atoms with Crippen LogP contribution in [0.1, 0.15) is 38.4 Å². The number of aryl methyl sites for hydroxylation is 3. The van der Waals surface area contributed by atoms with Gasteiger partial charge in [-0.2, -0.15) is 0 Å². The van der Waals surface area contributed by atoms with Gasteiger partial charge in [-0.15, -0.1) is 0 Å². The number of carbonyl (C=O) groups is 4. The number of hydrogen-bond acceptors (Lipinski definition) is 4. The number of carboxylic acid groups (broad SMARTS) is 1. The lowest BCUT2D eigenvalue weighted by atomic mass is 10.1. The van der Waals surface area contributed by atoms with Crippen molar-refractivity contribution in [2.75, 3.05) is 4.90 Å². The Morgan fingerprint density at radius 2 is 1.59 bits per heavy atom. The third-order valence-electron chi connectivity index (χ3n) is 5.93. The maximum atomic E-state index is 13.3. The van der Waals surface area contributed by atoms with E-state index in [2.05, 4.69) is 5.32 Å². The molecule has 0 aliphatic carbocycles. The molecule has 0 atom stereocenters. The summed E-state index contributed by atoms with van der Waals surface area (Å²) >= 11 is 0. The van der Waals surface area contributed by atoms with E-state index in [0.29, 0.717) is 22.5 Å². The minimum Gasteiger partial charge on any atom is -0.478 e. The molecule has 4 rings (SSSR count). The van der Waals surface area contributed by atoms with Crippen molar-refractivity contribution in [3.63, 3.8) is 0 Å². The van der Waals surface area contributed by atoms with Crippen molar-refractivity contribution >= 4 is 35.6 Å². The van der Waals surface area contributed by atoms with Crippen LogP contribution in [0.4, 0.5) is 10.5 Å². The maximum absolute atomic E-state index is 13.3. The topological polar surface area (TPSA) is 109 Å². The highest BCUT2D eigenvalue weighted by atomic mass is 16.4. The van der Waals surface area contributed by atoms with Gasteiger partial charge in [0.15, 0.2) is 0 Å². The molecule has 1 aliphatic heterocycles. The Morgan fingerprint density at radius 1 is 0.912 bits per heavy atom. The number of urea groups is 1. The molecule has 1 aromatic heterocycles. The fourth-order valence-electron chi connectivity index (χ4n) is 4.13. The van der Waals surface area contributed by atoms with E-state index in [4.69, 9.17) is 0 Å². The molecule has 1 aliphatic rings. The fourth-order valence-corrected chi connectivity index (χ4v) is 4.13. The number of imide groups is 2. The van der Waals surface area contributed by atoms with E-state index in [0.717, 1.165) is 21.9 Å². The first-order valence-electron chi connectivity index (χ1n) is 10.6. The molecule has 34 heavy (non-hydrogen) atoms. The highest BCUT2D eigenvalue weighted by Gasteiger charge is 2.37. The van der Waals surface area contributed by atoms with E-state index in [1.54, 1.807) is 49.4 Å². The molecule has 2 aromatic carbocycles. The Bertz CT molecular complexity index is 1410. The summed E-state index contributed by atoms with van der Waals surface area (Å²) in [6.45, 7) is 7.33. The van der Waals surface area contributed by atoms with Gasteiger partial charge < -0.3 is 9.67 Å². The molecule has 2 N–H and O–H groups in total. The Hall–Kier alpha value is -4.46. The predicted octanol–water partition coefficient (Wildman–Crippen LogP) is 4.08. The first-order chi connectivity index (χ1) is 16.1. The molecule has 0 unspecified atom stereocenters. The van der Waals surface area contributed by atoms with Gasteiger partial charge in [-0.1, -0.05) is 24.3 Å². The van der Waals surface area contributed by atoms with Crippen LogP contribution in [0.3, 0.4) is 0 Å². The summed E-state index contributed by atoms with van der Waals surface area (Å²) in [5.74, 6) is -2.51. The van der Waals surface area contributed by atoms with E-state index in [-0.39, 0.29) is 11.1 Å². The summed E-state index contributed by atoms with van der Waals surface area (Å²) in [6, 6.07) is 12.8. The van der Waals surface area contributed by atoms with Gasteiger partial charge in [0, 0.05) is 17.1 Å². The number of aromatic nitrogens is 1. The molecule has 1 saturated heterocycles. The number of carboxylic acids is 1. The zero-order valence-electron chi connectivity index (χ0n) is 19.2. The molecule has 0 saturated carbocycles. The molecule has 172 valence electrons. The second-order valence-electron chi connectivity index (χ2n) is 8.21. The van der Waals surface area contributed by atoms with E-state index < -0.39 is 23.8 Å². The molecule has 1 fully saturated rings. The predicted molar refractivity (Wildman–Crippen MR) is 127 cm³/mol. The lowest BCUT2D eigenvalue weighted by Gasteiger charge is -2.27. The summed E-state index contributed by atoms with van der Waals surface area (Å²) < 4.78 is 1.88. The number of barbiturate groups is 1. The first kappa shape index (κ1) is 22.7. The van der Waals surface area contributed by atoms with Crippen LogP contribution in [0.25, 0.3) is 11.8 Å². The second kappa shape index (κ2) is 8.47. The molecule has 0 spiro atoms. The summed E-state index contributed by atoms with van der Waals surface area (Å²) in [5, 5.41) is 11.6. The standard InChI is InChI=1S/C26H23N3O5/c1-14-7-5-6-8-21(14)29-24(31)20(23(30)27-26(29)34)12-19-11-16(3)28(17(19)4)22-13-18(25(32)33)10-9-15(22)2/h5-13H,1-4H3,(H,32,33)(H,27,30,34)/b20-12+. The number of nitrogens with one attached hydrogen (secondary N) is 1. The van der Waals surface area contributed by atoms with Gasteiger partial charge in [0.1, 0.15) is 5.57 Å². The van der Waals surface area contributed by atoms with Gasteiger partial charge in [0.2, 0.25) is 0 Å². The number of amides is 4. The molecule has 0 bridgehead atoms. The zero-order valence-corrected chi connectivity index (χ0v) is 19.2. The number of anilines is 1. The van der Waals surface area contributed by atoms with Crippen LogP contribution in [-0.2, 0) is 9.59 Å². The van der Waals surface area contributed by atoms with Crippen molar-refractivity contribution in [3.8, 4) is 5.69 Å². The molecular weight excluding hydrogens is 434 g/mol. The van der Waals surface area contributed by atoms with E-state index in [9.17, 15) is 24.3 Å². The highest BCUT2D eigenvalue weighted by Crippen LogP contribution is 2.28. The number of benzene rings is 2. The zero-order chi connectivity index (χ0) is 24.7. The normalized spacial score (nSPS) is 15.1. The number of hydrogen-bond donors (Lipinski definition) is 2. The third kappa shape index (κ3) is 3.79. The Balaban J connectivity index is 1.81. The van der Waals surface area contributed by atoms with Crippen LogP contribution in [0.5, 0.6) is 0 Å². The van der Waals surface area contributed by atoms with Gasteiger partial charge in [0.05, 0.1) is 11.3 Å². The van der Waals surface area contributed by atoms with Crippen molar-refractivity contribution < 1.29 is 24.3 Å². The van der Waals surface area contributed by atoms with Crippen LogP contribution >= 0.6 is 0 Å². The van der Waals surface area contributed by atoms with Crippen LogP contribution in [0.2, 0.25) is 0 Å². The van der Waals surface area contributed by atoms with Crippen LogP contribution in [-0.4, -0.2) is 33.5 Å². The Kier molecular flexibility index (Phi) is 5.66. The van der Waals surface area contributed by atoms with Gasteiger partial charge in [0.25, 0.3) is 11.8 Å². The minimum absolute atomic E-state index is 0.155. The van der Waals surface area contributed by atoms with Gasteiger partial charge in [-0.25, -0.2) is 14.5 Å². The number of nitrogens with zero attached hydrogens (tertiary/aromatic N) is 2. The third-order valence-corrected chi connectivity index (χ3v) is 5.93. The lowest BCUT2D eigenvalue weighted by molar-refractivity contribution is -0.122. The lowest BCUT2D eigenvalue weighted by Crippen LogP contribution is -2.54. The van der Waals surface area contributed by atoms with Crippen molar-refractivity contribution in [1.29, 1.82) is 0 Å². The van der Waals surface area contributed by atoms with Crippen molar-refractivity contribution in [3.05, 3.63) is 87.7 Å². The Labute approximate surface area is 196 Å². The van der Waals surface area contributed by atoms with Crippen molar-refractivity contribution in [1.82, 2.24) is 9.88 Å². The van der Waals surface area contributed by atoms with E-state index >= 15 is 0 Å². The monoisotopic (exact) mass is 457 g/mol. The molecule has 8 heteroatoms. The quantitative estimate of drug-likeness (QED) is 0.453. The SMILES string of the molecule is Cc1ccccc1N1C(=O)NC(=O)/C(=C\c2cc(C)n(-c3cc(C(=O)O)ccc3C)c2C)C1=O. The van der Waals surface area contributed by atoms with E-state index in [1.165, 1.54) is 6.08 Å².